The van der Waals surface area contributed by atoms with Gasteiger partial charge in [-0.05, 0) is 17.7 Å². The number of nitrogens with one attached hydrogen (secondary N) is 1. The van der Waals surface area contributed by atoms with Crippen molar-refractivity contribution in [2.75, 3.05) is 0 Å². The van der Waals surface area contributed by atoms with Gasteiger partial charge in [0.2, 0.25) is 0 Å². The van der Waals surface area contributed by atoms with E-state index in [2.05, 4.69) is 20.3 Å². The summed E-state index contributed by atoms with van der Waals surface area (Å²) in [6.07, 6.45) is 8.11. The fourth-order valence-corrected chi connectivity index (χ4v) is 2.94. The molecule has 0 spiro atoms. The second-order valence-electron chi connectivity index (χ2n) is 6.48. The minimum absolute atomic E-state index is 0.202. The first-order valence-corrected chi connectivity index (χ1v) is 8.73. The van der Waals surface area contributed by atoms with E-state index in [1.165, 1.54) is 30.9 Å². The average molecular weight is 391 g/mol. The summed E-state index contributed by atoms with van der Waals surface area (Å²) >= 11 is 0. The molecule has 0 saturated heterocycles. The maximum atomic E-state index is 12.5. The Balaban J connectivity index is 1.53. The number of hydrogen-bond donors (Lipinski definition) is 1. The Morgan fingerprint density at radius 2 is 1.93 bits per heavy atom. The summed E-state index contributed by atoms with van der Waals surface area (Å²) in [7, 11) is 2.91. The molecule has 0 radical (unpaired) electrons. The molecule has 0 unspecified atom stereocenters. The first-order chi connectivity index (χ1) is 14.0. The minimum atomic E-state index is -0.496. The molecule has 1 amide bonds. The lowest BCUT2D eigenvalue weighted by atomic mass is 10.2. The zero-order chi connectivity index (χ0) is 20.5. The highest BCUT2D eigenvalue weighted by Gasteiger charge is 2.13. The second-order valence-corrected chi connectivity index (χ2v) is 6.48. The van der Waals surface area contributed by atoms with E-state index in [9.17, 15) is 14.4 Å². The fourth-order valence-electron chi connectivity index (χ4n) is 2.94. The number of pyridine rings is 2. The van der Waals surface area contributed by atoms with Crippen molar-refractivity contribution in [3.05, 3.63) is 81.3 Å². The van der Waals surface area contributed by atoms with E-state index in [-0.39, 0.29) is 29.0 Å². The molecule has 1 N–H and O–H groups in total. The van der Waals surface area contributed by atoms with Gasteiger partial charge >= 0.3 is 5.69 Å². The first kappa shape index (κ1) is 18.3. The van der Waals surface area contributed by atoms with Crippen LogP contribution >= 0.6 is 0 Å². The van der Waals surface area contributed by atoms with Crippen LogP contribution in [0, 0.1) is 0 Å². The van der Waals surface area contributed by atoms with E-state index in [0.29, 0.717) is 0 Å². The van der Waals surface area contributed by atoms with Crippen molar-refractivity contribution in [1.29, 1.82) is 0 Å². The molecule has 29 heavy (non-hydrogen) atoms. The van der Waals surface area contributed by atoms with E-state index in [1.807, 2.05) is 12.1 Å². The van der Waals surface area contributed by atoms with Crippen LogP contribution in [0.1, 0.15) is 15.9 Å². The topological polar surface area (TPSA) is 117 Å². The van der Waals surface area contributed by atoms with Crippen LogP contribution < -0.4 is 16.6 Å². The highest BCUT2D eigenvalue weighted by molar-refractivity contribution is 5.96. The van der Waals surface area contributed by atoms with Crippen molar-refractivity contribution >= 4 is 16.9 Å². The Hall–Kier alpha value is -4.08. The summed E-state index contributed by atoms with van der Waals surface area (Å²) in [5, 5.41) is 2.98. The van der Waals surface area contributed by atoms with Gasteiger partial charge < -0.3 is 5.32 Å². The molecule has 0 saturated carbocycles. The summed E-state index contributed by atoms with van der Waals surface area (Å²) in [6, 6.07) is 5.12. The van der Waals surface area contributed by atoms with Crippen LogP contribution in [0.4, 0.5) is 0 Å². The SMILES string of the molecule is Cn1c(=O)c2cc(C(=O)NCc3ccc(-n4ccnc4)nc3)cnc2n(C)c1=O. The van der Waals surface area contributed by atoms with Gasteiger partial charge in [-0.3, -0.25) is 23.3 Å². The lowest BCUT2D eigenvalue weighted by molar-refractivity contribution is 0.0950. The molecule has 4 aromatic heterocycles. The van der Waals surface area contributed by atoms with Gasteiger partial charge in [-0.2, -0.15) is 0 Å². The largest absolute Gasteiger partial charge is 0.348 e. The Morgan fingerprint density at radius 3 is 2.62 bits per heavy atom. The van der Waals surface area contributed by atoms with Gasteiger partial charge in [-0.15, -0.1) is 0 Å². The monoisotopic (exact) mass is 391 g/mol. The summed E-state index contributed by atoms with van der Waals surface area (Å²) in [5.41, 5.74) is 0.308. The Kier molecular flexibility index (Phi) is 4.51. The fraction of sp³-hybridized carbons (Fsp3) is 0.158. The molecule has 0 bridgehead atoms. The zero-order valence-electron chi connectivity index (χ0n) is 15.7. The first-order valence-electron chi connectivity index (χ1n) is 8.73. The number of aryl methyl sites for hydroxylation is 1. The quantitative estimate of drug-likeness (QED) is 0.529. The molecular formula is C19H17N7O3. The lowest BCUT2D eigenvalue weighted by Gasteiger charge is -2.09. The normalized spacial score (nSPS) is 11.0. The van der Waals surface area contributed by atoms with Gasteiger partial charge in [-0.1, -0.05) is 6.07 Å². The van der Waals surface area contributed by atoms with Crippen LogP contribution in [0.3, 0.4) is 0 Å². The van der Waals surface area contributed by atoms with Crippen molar-refractivity contribution in [2.45, 2.75) is 6.54 Å². The van der Waals surface area contributed by atoms with Gasteiger partial charge in [0.05, 0.1) is 10.9 Å². The van der Waals surface area contributed by atoms with Crippen molar-refractivity contribution < 1.29 is 4.79 Å². The Labute approximate surface area is 164 Å². The number of rotatable bonds is 4. The third kappa shape index (κ3) is 3.31. The molecular weight excluding hydrogens is 374 g/mol. The molecule has 4 heterocycles. The maximum absolute atomic E-state index is 12.5. The molecule has 4 rings (SSSR count). The van der Waals surface area contributed by atoms with E-state index in [4.69, 9.17) is 0 Å². The zero-order valence-corrected chi connectivity index (χ0v) is 15.7. The molecule has 146 valence electrons. The summed E-state index contributed by atoms with van der Waals surface area (Å²) in [4.78, 5) is 49.3. The van der Waals surface area contributed by atoms with Gasteiger partial charge in [0.15, 0.2) is 0 Å². The molecule has 10 nitrogen and oxygen atoms in total. The Bertz CT molecular complexity index is 1320. The summed E-state index contributed by atoms with van der Waals surface area (Å²) in [5.74, 6) is 0.340. The number of fused-ring (bicyclic) bond motifs is 1. The molecule has 10 heteroatoms. The predicted molar refractivity (Wildman–Crippen MR) is 105 cm³/mol. The van der Waals surface area contributed by atoms with Crippen molar-refractivity contribution in [3.8, 4) is 5.82 Å². The van der Waals surface area contributed by atoms with Gasteiger partial charge in [0.25, 0.3) is 11.5 Å². The van der Waals surface area contributed by atoms with E-state index < -0.39 is 11.2 Å². The van der Waals surface area contributed by atoms with Crippen LogP contribution in [0.2, 0.25) is 0 Å². The summed E-state index contributed by atoms with van der Waals surface area (Å²) in [6.45, 7) is 0.263. The van der Waals surface area contributed by atoms with E-state index >= 15 is 0 Å². The number of hydrogen-bond acceptors (Lipinski definition) is 6. The van der Waals surface area contributed by atoms with Crippen molar-refractivity contribution in [3.63, 3.8) is 0 Å². The maximum Gasteiger partial charge on any atom is 0.332 e. The number of amides is 1. The van der Waals surface area contributed by atoms with E-state index in [1.54, 1.807) is 29.5 Å². The number of imidazole rings is 1. The van der Waals surface area contributed by atoms with Crippen molar-refractivity contribution in [1.82, 2.24) is 34.0 Å². The summed E-state index contributed by atoms with van der Waals surface area (Å²) < 4.78 is 4.03. The lowest BCUT2D eigenvalue weighted by Crippen LogP contribution is -2.37. The highest BCUT2D eigenvalue weighted by atomic mass is 16.2. The van der Waals surface area contributed by atoms with Crippen LogP contribution in [-0.4, -0.2) is 34.6 Å². The smallest absolute Gasteiger partial charge is 0.332 e. The van der Waals surface area contributed by atoms with Crippen molar-refractivity contribution in [2.24, 2.45) is 14.1 Å². The van der Waals surface area contributed by atoms with Crippen LogP contribution in [0.25, 0.3) is 16.9 Å². The average Bonchev–Trinajstić information content (AvgIpc) is 3.29. The van der Waals surface area contributed by atoms with E-state index in [0.717, 1.165) is 15.9 Å². The molecule has 0 atom stereocenters. The third-order valence-corrected chi connectivity index (χ3v) is 4.59. The molecule has 4 aromatic rings. The number of carbonyl (C=O) groups excluding carboxylic acids is 1. The van der Waals surface area contributed by atoms with Crippen LogP contribution in [-0.2, 0) is 20.6 Å². The third-order valence-electron chi connectivity index (χ3n) is 4.59. The number of nitrogens with zero attached hydrogens (tertiary/aromatic N) is 6. The van der Waals surface area contributed by atoms with Gasteiger partial charge in [0, 0.05) is 45.4 Å². The molecule has 0 aliphatic heterocycles. The predicted octanol–water partition coefficient (Wildman–Crippen LogP) is 0.143. The standard InChI is InChI=1S/C19H17N7O3/c1-24-16-14(18(28)25(2)19(24)29)7-13(10-22-16)17(27)23-9-12-3-4-15(21-8-12)26-6-5-20-11-26/h3-8,10-11H,9H2,1-2H3,(H,23,27). The molecule has 0 aliphatic rings. The van der Waals surface area contributed by atoms with Gasteiger partial charge in [-0.25, -0.2) is 19.7 Å². The Morgan fingerprint density at radius 1 is 1.10 bits per heavy atom. The molecule has 0 aromatic carbocycles. The number of aromatic nitrogens is 6. The molecule has 0 aliphatic carbocycles. The van der Waals surface area contributed by atoms with Gasteiger partial charge in [0.1, 0.15) is 17.8 Å². The second kappa shape index (κ2) is 7.15. The minimum Gasteiger partial charge on any atom is -0.348 e. The number of carbonyl (C=O) groups is 1. The van der Waals surface area contributed by atoms with Crippen LogP contribution in [0.15, 0.2) is 58.9 Å². The highest BCUT2D eigenvalue weighted by Crippen LogP contribution is 2.09. The molecule has 0 fully saturated rings. The van der Waals surface area contributed by atoms with Crippen LogP contribution in [0.5, 0.6) is 0 Å².